The van der Waals surface area contributed by atoms with Crippen molar-refractivity contribution < 1.29 is 0 Å². The van der Waals surface area contributed by atoms with E-state index in [1.54, 1.807) is 0 Å². The maximum Gasteiger partial charge on any atom is 0.164 e. The van der Waals surface area contributed by atoms with Gasteiger partial charge in [0.1, 0.15) is 11.3 Å². The molecular formula is C14H13N3. The van der Waals surface area contributed by atoms with Crippen LogP contribution >= 0.6 is 0 Å². The molecule has 0 saturated heterocycles. The third-order valence-corrected chi connectivity index (χ3v) is 2.82. The van der Waals surface area contributed by atoms with E-state index in [1.807, 2.05) is 36.5 Å². The predicted molar refractivity (Wildman–Crippen MR) is 68.2 cm³/mol. The van der Waals surface area contributed by atoms with Crippen LogP contribution in [0.3, 0.4) is 0 Å². The number of pyridine rings is 1. The number of imidazole rings is 1. The van der Waals surface area contributed by atoms with Gasteiger partial charge in [0.2, 0.25) is 0 Å². The fraction of sp³-hybridized carbons (Fsp3) is 0.143. The predicted octanol–water partition coefficient (Wildman–Crippen LogP) is 2.98. The Hall–Kier alpha value is -2.16. The van der Waals surface area contributed by atoms with Crippen molar-refractivity contribution in [3.63, 3.8) is 0 Å². The van der Waals surface area contributed by atoms with Gasteiger partial charge in [-0.2, -0.15) is 0 Å². The Morgan fingerprint density at radius 2 is 1.88 bits per heavy atom. The molecule has 84 valence electrons. The van der Waals surface area contributed by atoms with Gasteiger partial charge in [0, 0.05) is 18.3 Å². The van der Waals surface area contributed by atoms with Gasteiger partial charge in [0.05, 0.1) is 0 Å². The summed E-state index contributed by atoms with van der Waals surface area (Å²) >= 11 is 0. The number of hydrogen-bond acceptors (Lipinski definition) is 2. The van der Waals surface area contributed by atoms with E-state index in [1.165, 1.54) is 0 Å². The maximum absolute atomic E-state index is 4.61. The summed E-state index contributed by atoms with van der Waals surface area (Å²) in [6.45, 7) is 2.11. The summed E-state index contributed by atoms with van der Waals surface area (Å²) in [7, 11) is 0. The molecule has 3 nitrogen and oxygen atoms in total. The van der Waals surface area contributed by atoms with Gasteiger partial charge in [-0.1, -0.05) is 25.1 Å². The van der Waals surface area contributed by atoms with Gasteiger partial charge in [0.25, 0.3) is 0 Å². The van der Waals surface area contributed by atoms with Crippen LogP contribution in [0.25, 0.3) is 16.9 Å². The minimum absolute atomic E-state index is 0.894. The molecule has 0 bridgehead atoms. The van der Waals surface area contributed by atoms with E-state index in [0.29, 0.717) is 0 Å². The third-order valence-electron chi connectivity index (χ3n) is 2.82. The summed E-state index contributed by atoms with van der Waals surface area (Å²) in [6.07, 6.45) is 2.70. The van der Waals surface area contributed by atoms with Crippen molar-refractivity contribution in [2.45, 2.75) is 13.3 Å². The lowest BCUT2D eigenvalue weighted by Crippen LogP contribution is -2.00. The van der Waals surface area contributed by atoms with Gasteiger partial charge >= 0.3 is 0 Å². The number of fused-ring (bicyclic) bond motifs is 1. The number of hydrogen-bond donors (Lipinski definition) is 0. The number of nitrogens with zero attached hydrogens (tertiary/aromatic N) is 3. The second-order valence-electron chi connectivity index (χ2n) is 3.90. The smallest absolute Gasteiger partial charge is 0.164 e. The zero-order valence-corrected chi connectivity index (χ0v) is 9.67. The van der Waals surface area contributed by atoms with Gasteiger partial charge in [-0.25, -0.2) is 9.97 Å². The van der Waals surface area contributed by atoms with E-state index >= 15 is 0 Å². The standard InChI is InChI=1S/C14H13N3/c1-2-13-16-12-9-6-10-15-14(12)17(13)11-7-4-3-5-8-11/h3-10H,2H2,1H3. The fourth-order valence-electron chi connectivity index (χ4n) is 2.04. The van der Waals surface area contributed by atoms with E-state index in [0.717, 1.165) is 29.1 Å². The molecule has 0 amide bonds. The molecule has 0 radical (unpaired) electrons. The molecule has 3 aromatic rings. The van der Waals surface area contributed by atoms with Gasteiger partial charge in [-0.15, -0.1) is 0 Å². The van der Waals surface area contributed by atoms with Gasteiger partial charge < -0.3 is 0 Å². The van der Waals surface area contributed by atoms with Crippen molar-refractivity contribution >= 4 is 11.2 Å². The highest BCUT2D eigenvalue weighted by Gasteiger charge is 2.10. The van der Waals surface area contributed by atoms with Crippen LogP contribution in [0.5, 0.6) is 0 Å². The largest absolute Gasteiger partial charge is 0.281 e. The van der Waals surface area contributed by atoms with Crippen LogP contribution in [-0.2, 0) is 6.42 Å². The molecule has 0 aliphatic heterocycles. The Morgan fingerprint density at radius 1 is 1.06 bits per heavy atom. The average molecular weight is 223 g/mol. The summed E-state index contributed by atoms with van der Waals surface area (Å²) in [6, 6.07) is 14.2. The molecule has 0 unspecified atom stereocenters. The summed E-state index contributed by atoms with van der Waals surface area (Å²) in [5.74, 6) is 1.05. The molecule has 0 aliphatic rings. The summed E-state index contributed by atoms with van der Waals surface area (Å²) < 4.78 is 2.12. The zero-order chi connectivity index (χ0) is 11.7. The van der Waals surface area contributed by atoms with E-state index in [-0.39, 0.29) is 0 Å². The van der Waals surface area contributed by atoms with Crippen LogP contribution in [0.4, 0.5) is 0 Å². The van der Waals surface area contributed by atoms with Crippen molar-refractivity contribution in [2.24, 2.45) is 0 Å². The Bertz CT molecular complexity index is 641. The van der Waals surface area contributed by atoms with Crippen LogP contribution in [0.15, 0.2) is 48.7 Å². The van der Waals surface area contributed by atoms with Crippen LogP contribution in [0.1, 0.15) is 12.7 Å². The van der Waals surface area contributed by atoms with E-state index < -0.39 is 0 Å². The fourth-order valence-corrected chi connectivity index (χ4v) is 2.04. The molecule has 0 spiro atoms. The van der Waals surface area contributed by atoms with E-state index in [4.69, 9.17) is 0 Å². The number of aromatic nitrogens is 3. The Labute approximate surface area is 99.8 Å². The van der Waals surface area contributed by atoms with Crippen LogP contribution in [-0.4, -0.2) is 14.5 Å². The Balaban J connectivity index is 2.34. The van der Waals surface area contributed by atoms with Crippen LogP contribution < -0.4 is 0 Å². The number of aryl methyl sites for hydroxylation is 1. The molecule has 1 aromatic carbocycles. The molecule has 0 fully saturated rings. The first-order chi connectivity index (χ1) is 8.40. The second kappa shape index (κ2) is 4.01. The number of benzene rings is 1. The molecular weight excluding hydrogens is 210 g/mol. The second-order valence-corrected chi connectivity index (χ2v) is 3.90. The molecule has 2 heterocycles. The van der Waals surface area contributed by atoms with Crippen molar-refractivity contribution in [1.82, 2.24) is 14.5 Å². The molecule has 2 aromatic heterocycles. The van der Waals surface area contributed by atoms with Crippen LogP contribution in [0.2, 0.25) is 0 Å². The normalized spacial score (nSPS) is 10.9. The first-order valence-corrected chi connectivity index (χ1v) is 5.78. The summed E-state index contributed by atoms with van der Waals surface area (Å²) in [5.41, 5.74) is 2.99. The molecule has 17 heavy (non-hydrogen) atoms. The average Bonchev–Trinajstić information content (AvgIpc) is 2.78. The van der Waals surface area contributed by atoms with Crippen molar-refractivity contribution in [3.05, 3.63) is 54.5 Å². The highest BCUT2D eigenvalue weighted by molar-refractivity contribution is 5.73. The molecule has 0 saturated carbocycles. The first kappa shape index (κ1) is 10.0. The van der Waals surface area contributed by atoms with Crippen molar-refractivity contribution in [2.75, 3.05) is 0 Å². The third kappa shape index (κ3) is 1.60. The quantitative estimate of drug-likeness (QED) is 0.668. The van der Waals surface area contributed by atoms with E-state index in [9.17, 15) is 0 Å². The maximum atomic E-state index is 4.61. The lowest BCUT2D eigenvalue weighted by Gasteiger charge is -2.06. The Kier molecular flexibility index (Phi) is 2.37. The summed E-state index contributed by atoms with van der Waals surface area (Å²) in [5, 5.41) is 0. The number of para-hydroxylation sites is 1. The van der Waals surface area contributed by atoms with Gasteiger partial charge in [0.15, 0.2) is 5.65 Å². The summed E-state index contributed by atoms with van der Waals surface area (Å²) in [4.78, 5) is 9.03. The Morgan fingerprint density at radius 3 is 2.65 bits per heavy atom. The number of rotatable bonds is 2. The minimum Gasteiger partial charge on any atom is -0.281 e. The molecule has 0 atom stereocenters. The lowest BCUT2D eigenvalue weighted by molar-refractivity contribution is 0.901. The highest BCUT2D eigenvalue weighted by atomic mass is 15.1. The van der Waals surface area contributed by atoms with Crippen molar-refractivity contribution in [3.8, 4) is 5.69 Å². The lowest BCUT2D eigenvalue weighted by atomic mass is 10.3. The molecule has 3 rings (SSSR count). The van der Waals surface area contributed by atoms with Gasteiger partial charge in [-0.3, -0.25) is 4.57 Å². The first-order valence-electron chi connectivity index (χ1n) is 5.78. The van der Waals surface area contributed by atoms with Crippen molar-refractivity contribution in [1.29, 1.82) is 0 Å². The SMILES string of the molecule is CCc1nc2cccnc2n1-c1ccccc1. The highest BCUT2D eigenvalue weighted by Crippen LogP contribution is 2.19. The van der Waals surface area contributed by atoms with Crippen LogP contribution in [0, 0.1) is 0 Å². The molecule has 0 aliphatic carbocycles. The molecule has 0 N–H and O–H groups in total. The van der Waals surface area contributed by atoms with Gasteiger partial charge in [-0.05, 0) is 24.3 Å². The monoisotopic (exact) mass is 223 g/mol. The molecule has 3 heteroatoms. The zero-order valence-electron chi connectivity index (χ0n) is 9.67. The minimum atomic E-state index is 0.894. The topological polar surface area (TPSA) is 30.7 Å². The van der Waals surface area contributed by atoms with E-state index in [2.05, 4.69) is 33.6 Å².